The predicted molar refractivity (Wildman–Crippen MR) is 104 cm³/mol. The molecule has 2 fully saturated rings. The molecule has 0 unspecified atom stereocenters. The summed E-state index contributed by atoms with van der Waals surface area (Å²) in [4.78, 5) is 14.4. The number of aryl methyl sites for hydroxylation is 3. The molecule has 0 amide bonds. The van der Waals surface area contributed by atoms with Crippen LogP contribution in [0.4, 0.5) is 0 Å². The first-order valence-electron chi connectivity index (χ1n) is 9.96. The summed E-state index contributed by atoms with van der Waals surface area (Å²) in [6, 6.07) is 7.15. The van der Waals surface area contributed by atoms with Gasteiger partial charge in [0.1, 0.15) is 23.4 Å². The molecule has 5 rings (SSSR count). The number of aromatic nitrogens is 4. The Morgan fingerprint density at radius 1 is 1.08 bits per heavy atom. The lowest BCUT2D eigenvalue weighted by Crippen LogP contribution is -2.16. The maximum absolute atomic E-state index is 5.05. The van der Waals surface area contributed by atoms with Crippen LogP contribution >= 0.6 is 0 Å². The van der Waals surface area contributed by atoms with E-state index < -0.39 is 0 Å². The quantitative estimate of drug-likeness (QED) is 0.650. The highest BCUT2D eigenvalue weighted by Crippen LogP contribution is 2.53. The van der Waals surface area contributed by atoms with Gasteiger partial charge in [0.05, 0.1) is 0 Å². The van der Waals surface area contributed by atoms with E-state index in [1.807, 2.05) is 0 Å². The summed E-state index contributed by atoms with van der Waals surface area (Å²) in [6.07, 6.45) is 8.11. The van der Waals surface area contributed by atoms with Gasteiger partial charge in [-0.3, -0.25) is 0 Å². The van der Waals surface area contributed by atoms with Crippen LogP contribution in [-0.4, -0.2) is 19.5 Å². The molecule has 0 aliphatic heterocycles. The van der Waals surface area contributed by atoms with Crippen LogP contribution in [0.1, 0.15) is 55.6 Å². The molecular weight excluding hydrogens is 320 g/mol. The van der Waals surface area contributed by atoms with Gasteiger partial charge in [-0.05, 0) is 56.9 Å². The third-order valence-corrected chi connectivity index (χ3v) is 6.01. The van der Waals surface area contributed by atoms with Gasteiger partial charge in [0.15, 0.2) is 5.65 Å². The van der Waals surface area contributed by atoms with Crippen molar-refractivity contribution < 1.29 is 0 Å². The Morgan fingerprint density at radius 3 is 2.42 bits per heavy atom. The molecule has 2 aromatic heterocycles. The van der Waals surface area contributed by atoms with E-state index in [-0.39, 0.29) is 0 Å². The largest absolute Gasteiger partial charge is 0.309 e. The van der Waals surface area contributed by atoms with Gasteiger partial charge in [-0.25, -0.2) is 15.0 Å². The lowest BCUT2D eigenvalue weighted by molar-refractivity contribution is 0.391. The minimum absolute atomic E-state index is 0.594. The van der Waals surface area contributed by atoms with Gasteiger partial charge in [0, 0.05) is 18.0 Å². The summed E-state index contributed by atoms with van der Waals surface area (Å²) in [7, 11) is 0. The first kappa shape index (κ1) is 16.0. The van der Waals surface area contributed by atoms with Crippen LogP contribution in [0.25, 0.3) is 22.4 Å². The van der Waals surface area contributed by atoms with Gasteiger partial charge in [-0.1, -0.05) is 30.7 Å². The summed E-state index contributed by atoms with van der Waals surface area (Å²) in [5.41, 5.74) is 6.69. The average molecular weight is 346 g/mol. The first-order chi connectivity index (χ1) is 12.7. The summed E-state index contributed by atoms with van der Waals surface area (Å²) in [5, 5.41) is 0. The van der Waals surface area contributed by atoms with E-state index in [0.29, 0.717) is 6.04 Å². The molecule has 4 heteroatoms. The fourth-order valence-electron chi connectivity index (χ4n) is 4.47. The van der Waals surface area contributed by atoms with Gasteiger partial charge in [0.2, 0.25) is 0 Å². The molecule has 4 nitrogen and oxygen atoms in total. The zero-order chi connectivity index (χ0) is 17.8. The summed E-state index contributed by atoms with van der Waals surface area (Å²) in [5.74, 6) is 2.82. The first-order valence-corrected chi connectivity index (χ1v) is 9.96. The maximum Gasteiger partial charge on any atom is 0.164 e. The molecule has 1 aromatic carbocycles. The van der Waals surface area contributed by atoms with Crippen molar-refractivity contribution in [1.29, 1.82) is 0 Å². The Bertz CT molecular complexity index is 967. The van der Waals surface area contributed by atoms with E-state index in [0.717, 1.165) is 35.1 Å². The predicted octanol–water partition coefficient (Wildman–Crippen LogP) is 5.03. The highest BCUT2D eigenvalue weighted by Gasteiger charge is 2.44. The van der Waals surface area contributed by atoms with Crippen LogP contribution in [0.15, 0.2) is 24.5 Å². The van der Waals surface area contributed by atoms with E-state index in [1.54, 1.807) is 6.33 Å². The Labute approximate surface area is 154 Å². The molecule has 0 atom stereocenters. The lowest BCUT2D eigenvalue weighted by atomic mass is 10.0. The Morgan fingerprint density at radius 2 is 1.81 bits per heavy atom. The fraction of sp³-hybridized carbons (Fsp3) is 0.500. The molecule has 2 aliphatic rings. The van der Waals surface area contributed by atoms with Crippen LogP contribution in [0, 0.1) is 25.7 Å². The van der Waals surface area contributed by atoms with Crippen molar-refractivity contribution in [2.75, 3.05) is 0 Å². The van der Waals surface area contributed by atoms with E-state index in [9.17, 15) is 0 Å². The van der Waals surface area contributed by atoms with Crippen molar-refractivity contribution >= 4 is 11.2 Å². The Kier molecular flexibility index (Phi) is 3.63. The molecule has 0 spiro atoms. The van der Waals surface area contributed by atoms with Crippen molar-refractivity contribution in [2.45, 2.75) is 58.9 Å². The molecule has 2 aliphatic carbocycles. The fourth-order valence-corrected chi connectivity index (χ4v) is 4.47. The van der Waals surface area contributed by atoms with Crippen LogP contribution in [-0.2, 0) is 6.42 Å². The van der Waals surface area contributed by atoms with Gasteiger partial charge >= 0.3 is 0 Å². The number of hydrogen-bond acceptors (Lipinski definition) is 3. The standard InChI is InChI=1S/C22H26N4/c1-4-18-25-20-19(17-10-5-13(2)11-14(17)3)23-12-24-22(20)26(18)21(15-6-7-15)16-8-9-16/h5,10-12,15-16,21H,4,6-9H2,1-3H3. The van der Waals surface area contributed by atoms with Gasteiger partial charge in [-0.2, -0.15) is 0 Å². The van der Waals surface area contributed by atoms with Gasteiger partial charge < -0.3 is 4.57 Å². The van der Waals surface area contributed by atoms with Gasteiger partial charge in [-0.15, -0.1) is 0 Å². The monoisotopic (exact) mass is 346 g/mol. The highest BCUT2D eigenvalue weighted by atomic mass is 15.2. The number of imidazole rings is 1. The van der Waals surface area contributed by atoms with Crippen molar-refractivity contribution in [3.63, 3.8) is 0 Å². The molecule has 0 bridgehead atoms. The number of fused-ring (bicyclic) bond motifs is 1. The second-order valence-electron chi connectivity index (χ2n) is 8.13. The molecular formula is C22H26N4. The second kappa shape index (κ2) is 5.90. The summed E-state index contributed by atoms with van der Waals surface area (Å²) < 4.78 is 2.49. The number of rotatable bonds is 5. The van der Waals surface area contributed by atoms with E-state index in [4.69, 9.17) is 9.97 Å². The molecule has 0 N–H and O–H groups in total. The normalized spacial score (nSPS) is 17.4. The third-order valence-electron chi connectivity index (χ3n) is 6.01. The third kappa shape index (κ3) is 2.54. The Balaban J connectivity index is 1.72. The smallest absolute Gasteiger partial charge is 0.164 e. The van der Waals surface area contributed by atoms with Crippen LogP contribution in [0.2, 0.25) is 0 Å². The molecule has 26 heavy (non-hydrogen) atoms. The van der Waals surface area contributed by atoms with Crippen molar-refractivity contribution in [1.82, 2.24) is 19.5 Å². The zero-order valence-electron chi connectivity index (χ0n) is 15.9. The molecule has 2 saturated carbocycles. The molecule has 134 valence electrons. The molecule has 0 radical (unpaired) electrons. The number of benzene rings is 1. The number of hydrogen-bond donors (Lipinski definition) is 0. The van der Waals surface area contributed by atoms with Crippen LogP contribution < -0.4 is 0 Å². The van der Waals surface area contributed by atoms with Crippen molar-refractivity contribution in [3.05, 3.63) is 41.5 Å². The van der Waals surface area contributed by atoms with Gasteiger partial charge in [0.25, 0.3) is 0 Å². The average Bonchev–Trinajstić information content (AvgIpc) is 3.54. The minimum Gasteiger partial charge on any atom is -0.309 e. The second-order valence-corrected chi connectivity index (χ2v) is 8.13. The SMILES string of the molecule is CCc1nc2c(-c3ccc(C)cc3C)ncnc2n1C(C1CC1)C1CC1. The van der Waals surface area contributed by atoms with Crippen LogP contribution in [0.3, 0.4) is 0 Å². The zero-order valence-corrected chi connectivity index (χ0v) is 15.9. The van der Waals surface area contributed by atoms with E-state index >= 15 is 0 Å². The van der Waals surface area contributed by atoms with E-state index in [2.05, 4.69) is 48.5 Å². The summed E-state index contributed by atoms with van der Waals surface area (Å²) in [6.45, 7) is 6.50. The lowest BCUT2D eigenvalue weighted by Gasteiger charge is -2.20. The molecule has 2 heterocycles. The maximum atomic E-state index is 5.05. The number of nitrogens with zero attached hydrogens (tertiary/aromatic N) is 4. The molecule has 0 saturated heterocycles. The van der Waals surface area contributed by atoms with Crippen molar-refractivity contribution in [2.24, 2.45) is 11.8 Å². The molecule has 3 aromatic rings. The van der Waals surface area contributed by atoms with Crippen LogP contribution in [0.5, 0.6) is 0 Å². The minimum atomic E-state index is 0.594. The van der Waals surface area contributed by atoms with Crippen molar-refractivity contribution in [3.8, 4) is 11.3 Å². The Hall–Kier alpha value is -2.23. The summed E-state index contributed by atoms with van der Waals surface area (Å²) >= 11 is 0. The topological polar surface area (TPSA) is 43.6 Å². The highest BCUT2D eigenvalue weighted by molar-refractivity contribution is 5.88. The van der Waals surface area contributed by atoms with E-state index in [1.165, 1.54) is 48.2 Å².